The Hall–Kier alpha value is -1.61. The van der Waals surface area contributed by atoms with E-state index in [1.807, 2.05) is 6.07 Å². The van der Waals surface area contributed by atoms with Crippen LogP contribution in [0, 0.1) is 13.8 Å². The molecule has 0 bridgehead atoms. The van der Waals surface area contributed by atoms with Crippen molar-refractivity contribution >= 4 is 16.6 Å². The zero-order valence-corrected chi connectivity index (χ0v) is 10.7. The Balaban J connectivity index is 2.73. The van der Waals surface area contributed by atoms with Crippen LogP contribution < -0.4 is 11.3 Å². The molecule has 90 valence electrons. The summed E-state index contributed by atoms with van der Waals surface area (Å²) in [6, 6.07) is 6.23. The van der Waals surface area contributed by atoms with Gasteiger partial charge in [-0.15, -0.1) is 0 Å². The van der Waals surface area contributed by atoms with Gasteiger partial charge in [0, 0.05) is 11.1 Å². The largest absolute Gasteiger partial charge is 0.323 e. The molecule has 0 aliphatic rings. The minimum Gasteiger partial charge on any atom is -0.323 e. The highest BCUT2D eigenvalue weighted by Crippen LogP contribution is 2.27. The monoisotopic (exact) mass is 229 g/mol. The summed E-state index contributed by atoms with van der Waals surface area (Å²) in [5.74, 6) is 5.59. The molecule has 0 saturated heterocycles. The fourth-order valence-corrected chi connectivity index (χ4v) is 2.09. The van der Waals surface area contributed by atoms with Crippen LogP contribution in [-0.2, 0) is 6.42 Å². The number of benzene rings is 1. The zero-order chi connectivity index (χ0) is 12.4. The second-order valence-electron chi connectivity index (χ2n) is 4.46. The Labute approximate surface area is 102 Å². The molecule has 2 aromatic rings. The van der Waals surface area contributed by atoms with E-state index >= 15 is 0 Å². The number of hydrazine groups is 1. The van der Waals surface area contributed by atoms with Gasteiger partial charge in [-0.2, -0.15) is 0 Å². The molecule has 0 aliphatic carbocycles. The number of nitrogens with zero attached hydrogens (tertiary/aromatic N) is 1. The third-order valence-corrected chi connectivity index (χ3v) is 3.22. The predicted octanol–water partition coefficient (Wildman–Crippen LogP) is 3.09. The summed E-state index contributed by atoms with van der Waals surface area (Å²) in [5.41, 5.74) is 8.39. The lowest BCUT2D eigenvalue weighted by Gasteiger charge is -2.11. The third kappa shape index (κ3) is 2.11. The number of aryl methyl sites for hydroxylation is 3. The number of nitrogens with one attached hydrogen (secondary N) is 1. The molecular weight excluding hydrogens is 210 g/mol. The molecule has 1 aromatic heterocycles. The molecule has 1 aromatic carbocycles. The molecule has 0 radical (unpaired) electrons. The van der Waals surface area contributed by atoms with Crippen LogP contribution in [0.4, 0.5) is 5.69 Å². The number of fused-ring (bicyclic) bond motifs is 1. The summed E-state index contributed by atoms with van der Waals surface area (Å²) in [4.78, 5) is 4.74. The predicted molar refractivity (Wildman–Crippen MR) is 73.0 cm³/mol. The van der Waals surface area contributed by atoms with Gasteiger partial charge in [0.15, 0.2) is 0 Å². The molecule has 3 nitrogen and oxygen atoms in total. The van der Waals surface area contributed by atoms with E-state index in [-0.39, 0.29) is 0 Å². The molecule has 0 atom stereocenters. The zero-order valence-electron chi connectivity index (χ0n) is 10.7. The van der Waals surface area contributed by atoms with E-state index in [0.29, 0.717) is 0 Å². The Morgan fingerprint density at radius 2 is 2.06 bits per heavy atom. The Morgan fingerprint density at radius 1 is 1.29 bits per heavy atom. The molecule has 3 heteroatoms. The number of nitrogens with two attached hydrogens (primary N) is 1. The van der Waals surface area contributed by atoms with E-state index in [2.05, 4.69) is 38.3 Å². The van der Waals surface area contributed by atoms with Gasteiger partial charge < -0.3 is 5.43 Å². The SMILES string of the molecule is CCCc1cc(NN)c2ccc(C)c(C)c2n1. The summed E-state index contributed by atoms with van der Waals surface area (Å²) in [7, 11) is 0. The van der Waals surface area contributed by atoms with Crippen LogP contribution in [0.2, 0.25) is 0 Å². The topological polar surface area (TPSA) is 50.9 Å². The first-order valence-corrected chi connectivity index (χ1v) is 6.03. The van der Waals surface area contributed by atoms with Crippen molar-refractivity contribution in [1.29, 1.82) is 0 Å². The fraction of sp³-hybridized carbons (Fsp3) is 0.357. The van der Waals surface area contributed by atoms with Crippen LogP contribution in [0.5, 0.6) is 0 Å². The average Bonchev–Trinajstić information content (AvgIpc) is 2.34. The summed E-state index contributed by atoms with van der Waals surface area (Å²) < 4.78 is 0. The van der Waals surface area contributed by atoms with Crippen LogP contribution >= 0.6 is 0 Å². The second kappa shape index (κ2) is 4.72. The van der Waals surface area contributed by atoms with Crippen LogP contribution in [0.3, 0.4) is 0 Å². The van der Waals surface area contributed by atoms with Crippen molar-refractivity contribution in [3.8, 4) is 0 Å². The minimum atomic E-state index is 0.960. The van der Waals surface area contributed by atoms with Gasteiger partial charge >= 0.3 is 0 Å². The summed E-state index contributed by atoms with van der Waals surface area (Å²) >= 11 is 0. The number of nitrogen functional groups attached to an aromatic ring is 1. The molecule has 0 amide bonds. The minimum absolute atomic E-state index is 0.960. The molecule has 0 fully saturated rings. The number of hydrogen-bond acceptors (Lipinski definition) is 3. The molecule has 2 rings (SSSR count). The highest BCUT2D eigenvalue weighted by atomic mass is 15.2. The normalized spacial score (nSPS) is 10.8. The summed E-state index contributed by atoms with van der Waals surface area (Å²) in [6.07, 6.45) is 2.07. The molecule has 3 N–H and O–H groups in total. The van der Waals surface area contributed by atoms with Crippen LogP contribution in [0.15, 0.2) is 18.2 Å². The van der Waals surface area contributed by atoms with Crippen molar-refractivity contribution in [2.75, 3.05) is 5.43 Å². The molecule has 17 heavy (non-hydrogen) atoms. The number of pyridine rings is 1. The lowest BCUT2D eigenvalue weighted by atomic mass is 10.0. The van der Waals surface area contributed by atoms with Crippen molar-refractivity contribution in [2.24, 2.45) is 5.84 Å². The third-order valence-electron chi connectivity index (χ3n) is 3.22. The molecule has 0 spiro atoms. The average molecular weight is 229 g/mol. The van der Waals surface area contributed by atoms with Gasteiger partial charge in [0.25, 0.3) is 0 Å². The molecule has 0 unspecified atom stereocenters. The first-order chi connectivity index (χ1) is 8.17. The molecule has 0 aliphatic heterocycles. The highest BCUT2D eigenvalue weighted by Gasteiger charge is 2.08. The van der Waals surface area contributed by atoms with E-state index in [0.717, 1.165) is 35.1 Å². The first-order valence-electron chi connectivity index (χ1n) is 6.03. The van der Waals surface area contributed by atoms with Crippen molar-refractivity contribution < 1.29 is 0 Å². The van der Waals surface area contributed by atoms with Gasteiger partial charge in [0.1, 0.15) is 0 Å². The van der Waals surface area contributed by atoms with E-state index < -0.39 is 0 Å². The van der Waals surface area contributed by atoms with Crippen LogP contribution in [-0.4, -0.2) is 4.98 Å². The van der Waals surface area contributed by atoms with Crippen molar-refractivity contribution in [3.63, 3.8) is 0 Å². The van der Waals surface area contributed by atoms with E-state index in [9.17, 15) is 0 Å². The van der Waals surface area contributed by atoms with Gasteiger partial charge in [-0.3, -0.25) is 10.8 Å². The van der Waals surface area contributed by atoms with Gasteiger partial charge in [-0.1, -0.05) is 25.5 Å². The molecular formula is C14H19N3. The van der Waals surface area contributed by atoms with Crippen molar-refractivity contribution in [1.82, 2.24) is 4.98 Å². The molecule has 1 heterocycles. The Morgan fingerprint density at radius 3 is 2.71 bits per heavy atom. The van der Waals surface area contributed by atoms with Gasteiger partial charge in [-0.05, 0) is 37.5 Å². The Bertz CT molecular complexity index is 547. The smallest absolute Gasteiger partial charge is 0.0758 e. The van der Waals surface area contributed by atoms with Crippen LogP contribution in [0.1, 0.15) is 30.2 Å². The maximum atomic E-state index is 5.59. The van der Waals surface area contributed by atoms with Gasteiger partial charge in [0.2, 0.25) is 0 Å². The number of hydrogen-bond donors (Lipinski definition) is 2. The lowest BCUT2D eigenvalue weighted by molar-refractivity contribution is 0.889. The van der Waals surface area contributed by atoms with Crippen molar-refractivity contribution in [2.45, 2.75) is 33.6 Å². The van der Waals surface area contributed by atoms with Gasteiger partial charge in [-0.25, -0.2) is 0 Å². The fourth-order valence-electron chi connectivity index (χ4n) is 2.09. The second-order valence-corrected chi connectivity index (χ2v) is 4.46. The van der Waals surface area contributed by atoms with E-state index in [1.165, 1.54) is 11.1 Å². The number of aromatic nitrogens is 1. The van der Waals surface area contributed by atoms with Crippen LogP contribution in [0.25, 0.3) is 10.9 Å². The number of anilines is 1. The lowest BCUT2D eigenvalue weighted by Crippen LogP contribution is -2.09. The summed E-state index contributed by atoms with van der Waals surface area (Å²) in [5, 5.41) is 1.09. The maximum absolute atomic E-state index is 5.59. The van der Waals surface area contributed by atoms with Gasteiger partial charge in [0.05, 0.1) is 11.2 Å². The van der Waals surface area contributed by atoms with E-state index in [4.69, 9.17) is 10.8 Å². The maximum Gasteiger partial charge on any atom is 0.0758 e. The quantitative estimate of drug-likeness (QED) is 0.628. The van der Waals surface area contributed by atoms with Crippen molar-refractivity contribution in [3.05, 3.63) is 35.0 Å². The standard InChI is InChI=1S/C14H19N3/c1-4-5-11-8-13(17-15)12-7-6-9(2)10(3)14(12)16-11/h6-8H,4-5,15H2,1-3H3,(H,16,17). The summed E-state index contributed by atoms with van der Waals surface area (Å²) in [6.45, 7) is 6.38. The highest BCUT2D eigenvalue weighted by molar-refractivity contribution is 5.93. The van der Waals surface area contributed by atoms with E-state index in [1.54, 1.807) is 0 Å². The first kappa shape index (κ1) is 11.9. The number of rotatable bonds is 3. The Kier molecular flexibility index (Phi) is 3.29. The molecule has 0 saturated carbocycles.